The van der Waals surface area contributed by atoms with Gasteiger partial charge in [-0.25, -0.2) is 0 Å². The molecule has 1 aromatic carbocycles. The van der Waals surface area contributed by atoms with E-state index < -0.39 is 0 Å². The summed E-state index contributed by atoms with van der Waals surface area (Å²) in [5.74, 6) is 0.264. The molecule has 0 saturated carbocycles. The number of hydrogen-bond acceptors (Lipinski definition) is 4. The standard InChI is InChI=1S/C20H24N2O3/c23-19-8-1-2-13-22(19)20(24)10-9-17-6-5-7-18(16-17)25-15-14-21-11-3-4-12-21/h1,5-10,16H,2-4,11-15H2/b10-9+. The van der Waals surface area contributed by atoms with Crippen LogP contribution in [0.5, 0.6) is 5.75 Å². The maximum atomic E-state index is 12.1. The summed E-state index contributed by atoms with van der Waals surface area (Å²) < 4.78 is 5.81. The molecule has 0 atom stereocenters. The Hall–Kier alpha value is -2.40. The second-order valence-corrected chi connectivity index (χ2v) is 6.32. The van der Waals surface area contributed by atoms with Crippen molar-refractivity contribution < 1.29 is 14.3 Å². The van der Waals surface area contributed by atoms with Crippen molar-refractivity contribution in [2.24, 2.45) is 0 Å². The zero-order chi connectivity index (χ0) is 17.5. The van der Waals surface area contributed by atoms with E-state index in [0.717, 1.165) is 17.9 Å². The molecule has 2 aliphatic heterocycles. The third-order valence-corrected chi connectivity index (χ3v) is 4.46. The molecule has 2 amide bonds. The van der Waals surface area contributed by atoms with Crippen molar-refractivity contribution >= 4 is 17.9 Å². The Kier molecular flexibility index (Phi) is 6.01. The van der Waals surface area contributed by atoms with Crippen LogP contribution in [0.2, 0.25) is 0 Å². The number of imide groups is 1. The minimum Gasteiger partial charge on any atom is -0.492 e. The zero-order valence-corrected chi connectivity index (χ0v) is 14.4. The van der Waals surface area contributed by atoms with Crippen LogP contribution in [0.25, 0.3) is 6.08 Å². The summed E-state index contributed by atoms with van der Waals surface area (Å²) >= 11 is 0. The monoisotopic (exact) mass is 340 g/mol. The summed E-state index contributed by atoms with van der Waals surface area (Å²) in [6, 6.07) is 7.65. The average molecular weight is 340 g/mol. The van der Waals surface area contributed by atoms with Crippen molar-refractivity contribution in [2.45, 2.75) is 19.3 Å². The van der Waals surface area contributed by atoms with Crippen molar-refractivity contribution in [2.75, 3.05) is 32.8 Å². The van der Waals surface area contributed by atoms with Crippen LogP contribution in [-0.2, 0) is 9.59 Å². The fraction of sp³-hybridized carbons (Fsp3) is 0.400. The first-order chi connectivity index (χ1) is 12.2. The summed E-state index contributed by atoms with van der Waals surface area (Å²) in [7, 11) is 0. The normalized spacial score (nSPS) is 18.2. The Balaban J connectivity index is 1.52. The smallest absolute Gasteiger partial charge is 0.253 e. The summed E-state index contributed by atoms with van der Waals surface area (Å²) in [5.41, 5.74) is 0.882. The van der Waals surface area contributed by atoms with E-state index in [4.69, 9.17) is 4.74 Å². The molecule has 132 valence electrons. The molecular weight excluding hydrogens is 316 g/mol. The number of carbonyl (C=O) groups is 2. The van der Waals surface area contributed by atoms with E-state index in [1.165, 1.54) is 43.0 Å². The van der Waals surface area contributed by atoms with Gasteiger partial charge in [-0.15, -0.1) is 0 Å². The van der Waals surface area contributed by atoms with Crippen molar-refractivity contribution in [1.29, 1.82) is 0 Å². The number of likely N-dealkylation sites (tertiary alicyclic amines) is 1. The summed E-state index contributed by atoms with van der Waals surface area (Å²) in [6.07, 6.45) is 9.68. The highest BCUT2D eigenvalue weighted by Gasteiger charge is 2.18. The lowest BCUT2D eigenvalue weighted by Gasteiger charge is -2.19. The van der Waals surface area contributed by atoms with E-state index in [0.29, 0.717) is 19.6 Å². The Labute approximate surface area is 148 Å². The molecule has 25 heavy (non-hydrogen) atoms. The number of nitrogens with zero attached hydrogens (tertiary/aromatic N) is 2. The topological polar surface area (TPSA) is 49.9 Å². The minimum absolute atomic E-state index is 0.250. The molecule has 0 N–H and O–H groups in total. The fourth-order valence-electron chi connectivity index (χ4n) is 3.07. The van der Waals surface area contributed by atoms with E-state index >= 15 is 0 Å². The SMILES string of the molecule is O=C1C=CCCN1C(=O)/C=C/c1cccc(OCCN2CCCC2)c1. The maximum absolute atomic E-state index is 12.1. The van der Waals surface area contributed by atoms with Gasteiger partial charge in [0, 0.05) is 19.2 Å². The number of hydrogen-bond donors (Lipinski definition) is 0. The van der Waals surface area contributed by atoms with Crippen molar-refractivity contribution in [3.05, 3.63) is 48.1 Å². The molecule has 2 aliphatic rings. The van der Waals surface area contributed by atoms with Gasteiger partial charge < -0.3 is 4.74 Å². The first-order valence-corrected chi connectivity index (χ1v) is 8.88. The van der Waals surface area contributed by atoms with Gasteiger partial charge in [0.2, 0.25) is 0 Å². The number of rotatable bonds is 6. The van der Waals surface area contributed by atoms with Gasteiger partial charge in [-0.05, 0) is 62.2 Å². The predicted molar refractivity (Wildman–Crippen MR) is 97.1 cm³/mol. The van der Waals surface area contributed by atoms with Gasteiger partial charge in [-0.2, -0.15) is 0 Å². The van der Waals surface area contributed by atoms with Gasteiger partial charge in [0.1, 0.15) is 12.4 Å². The highest BCUT2D eigenvalue weighted by molar-refractivity contribution is 6.06. The van der Waals surface area contributed by atoms with E-state index in [1.54, 1.807) is 12.2 Å². The second kappa shape index (κ2) is 8.62. The summed E-state index contributed by atoms with van der Waals surface area (Å²) in [4.78, 5) is 27.5. The van der Waals surface area contributed by atoms with Crippen LogP contribution in [0.4, 0.5) is 0 Å². The Morgan fingerprint density at radius 2 is 2.04 bits per heavy atom. The molecule has 0 unspecified atom stereocenters. The van der Waals surface area contributed by atoms with Gasteiger partial charge in [0.25, 0.3) is 11.8 Å². The Bertz CT molecular complexity index is 675. The van der Waals surface area contributed by atoms with Crippen LogP contribution in [0.1, 0.15) is 24.8 Å². The quantitative estimate of drug-likeness (QED) is 0.747. The van der Waals surface area contributed by atoms with Crippen LogP contribution < -0.4 is 4.74 Å². The van der Waals surface area contributed by atoms with Crippen LogP contribution in [0, 0.1) is 0 Å². The van der Waals surface area contributed by atoms with Gasteiger partial charge in [-0.3, -0.25) is 19.4 Å². The van der Waals surface area contributed by atoms with Crippen molar-refractivity contribution in [3.8, 4) is 5.75 Å². The molecule has 0 aromatic heterocycles. The average Bonchev–Trinajstić information content (AvgIpc) is 3.14. The summed E-state index contributed by atoms with van der Waals surface area (Å²) in [6.45, 7) is 4.39. The van der Waals surface area contributed by atoms with E-state index in [-0.39, 0.29) is 11.8 Å². The molecule has 0 radical (unpaired) electrons. The van der Waals surface area contributed by atoms with Gasteiger partial charge in [-0.1, -0.05) is 18.2 Å². The van der Waals surface area contributed by atoms with Gasteiger partial charge in [0.15, 0.2) is 0 Å². The molecule has 3 rings (SSSR count). The van der Waals surface area contributed by atoms with Gasteiger partial charge in [0.05, 0.1) is 0 Å². The second-order valence-electron chi connectivity index (χ2n) is 6.32. The molecule has 1 aromatic rings. The molecule has 0 spiro atoms. The third-order valence-electron chi connectivity index (χ3n) is 4.46. The minimum atomic E-state index is -0.283. The lowest BCUT2D eigenvalue weighted by atomic mass is 10.2. The lowest BCUT2D eigenvalue weighted by Crippen LogP contribution is -2.37. The largest absolute Gasteiger partial charge is 0.492 e. The molecule has 2 heterocycles. The van der Waals surface area contributed by atoms with Crippen LogP contribution >= 0.6 is 0 Å². The number of amides is 2. The van der Waals surface area contributed by atoms with Gasteiger partial charge >= 0.3 is 0 Å². The van der Waals surface area contributed by atoms with Crippen molar-refractivity contribution in [3.63, 3.8) is 0 Å². The van der Waals surface area contributed by atoms with E-state index in [1.807, 2.05) is 24.3 Å². The van der Waals surface area contributed by atoms with E-state index in [9.17, 15) is 9.59 Å². The van der Waals surface area contributed by atoms with Crippen LogP contribution in [-0.4, -0.2) is 54.4 Å². The molecule has 0 bridgehead atoms. The Morgan fingerprint density at radius 3 is 2.84 bits per heavy atom. The molecule has 0 aliphatic carbocycles. The third kappa shape index (κ3) is 5.03. The summed E-state index contributed by atoms with van der Waals surface area (Å²) in [5, 5.41) is 0. The molecule has 1 fully saturated rings. The molecule has 1 saturated heterocycles. The first kappa shape index (κ1) is 17.4. The molecular formula is C20H24N2O3. The fourth-order valence-corrected chi connectivity index (χ4v) is 3.07. The Morgan fingerprint density at radius 1 is 1.20 bits per heavy atom. The number of carbonyl (C=O) groups excluding carboxylic acids is 2. The van der Waals surface area contributed by atoms with Crippen LogP contribution in [0.3, 0.4) is 0 Å². The zero-order valence-electron chi connectivity index (χ0n) is 14.4. The predicted octanol–water partition coefficient (Wildman–Crippen LogP) is 2.49. The molecule has 5 heteroatoms. The van der Waals surface area contributed by atoms with Crippen LogP contribution in [0.15, 0.2) is 42.5 Å². The van der Waals surface area contributed by atoms with E-state index in [2.05, 4.69) is 4.90 Å². The maximum Gasteiger partial charge on any atom is 0.253 e. The lowest BCUT2D eigenvalue weighted by molar-refractivity contribution is -0.139. The number of benzene rings is 1. The van der Waals surface area contributed by atoms with Crippen molar-refractivity contribution in [1.82, 2.24) is 9.80 Å². The number of ether oxygens (including phenoxy) is 1. The first-order valence-electron chi connectivity index (χ1n) is 8.88. The molecule has 5 nitrogen and oxygen atoms in total. The highest BCUT2D eigenvalue weighted by Crippen LogP contribution is 2.15. The highest BCUT2D eigenvalue weighted by atomic mass is 16.5.